The van der Waals surface area contributed by atoms with E-state index in [1.165, 1.54) is 0 Å². The summed E-state index contributed by atoms with van der Waals surface area (Å²) in [6.45, 7) is 0.336. The third-order valence-electron chi connectivity index (χ3n) is 6.36. The molecule has 0 radical (unpaired) electrons. The van der Waals surface area contributed by atoms with Gasteiger partial charge in [-0.05, 0) is 29.2 Å². The van der Waals surface area contributed by atoms with Gasteiger partial charge in [0, 0.05) is 23.6 Å². The molecule has 0 bridgehead atoms. The molecule has 3 nitrogen and oxygen atoms in total. The Morgan fingerprint density at radius 3 is 1.88 bits per heavy atom. The number of fused-ring (bicyclic) bond motifs is 1. The van der Waals surface area contributed by atoms with Gasteiger partial charge in [-0.3, -0.25) is 4.79 Å². The molecule has 3 heteroatoms. The van der Waals surface area contributed by atoms with Gasteiger partial charge in [0.05, 0.1) is 0 Å². The standard InChI is InChI=1S/C29H25NO2/c31-28-25-18-10-11-19-26(25)29(32,30(28)21-23-14-6-2-7-15-23)27(24-16-8-3-9-17-24)20-22-12-4-1-5-13-22/h1-19,27,32H,20-21H2/t27-,29-/m0/s1. The quantitative estimate of drug-likeness (QED) is 0.447. The maximum Gasteiger partial charge on any atom is 0.257 e. The lowest BCUT2D eigenvalue weighted by atomic mass is 9.79. The molecule has 5 rings (SSSR count). The van der Waals surface area contributed by atoms with E-state index in [9.17, 15) is 9.90 Å². The summed E-state index contributed by atoms with van der Waals surface area (Å²) in [7, 11) is 0. The van der Waals surface area contributed by atoms with Crippen molar-refractivity contribution < 1.29 is 9.90 Å². The highest BCUT2D eigenvalue weighted by molar-refractivity contribution is 5.99. The molecule has 32 heavy (non-hydrogen) atoms. The molecule has 0 aromatic heterocycles. The number of amides is 1. The summed E-state index contributed by atoms with van der Waals surface area (Å²) in [6.07, 6.45) is 0.605. The number of rotatable bonds is 6. The van der Waals surface area contributed by atoms with Crippen LogP contribution < -0.4 is 0 Å². The van der Waals surface area contributed by atoms with Crippen molar-refractivity contribution in [1.29, 1.82) is 0 Å². The normalized spacial score (nSPS) is 18.4. The van der Waals surface area contributed by atoms with Crippen molar-refractivity contribution >= 4 is 5.91 Å². The zero-order valence-corrected chi connectivity index (χ0v) is 17.8. The topological polar surface area (TPSA) is 40.5 Å². The number of aliphatic hydroxyl groups is 1. The van der Waals surface area contributed by atoms with Crippen LogP contribution in [0.1, 0.15) is 38.5 Å². The van der Waals surface area contributed by atoms with Gasteiger partial charge in [-0.2, -0.15) is 0 Å². The van der Waals surface area contributed by atoms with E-state index in [0.29, 0.717) is 24.1 Å². The van der Waals surface area contributed by atoms with Crippen molar-refractivity contribution in [1.82, 2.24) is 4.90 Å². The van der Waals surface area contributed by atoms with Crippen LogP contribution in [0.5, 0.6) is 0 Å². The van der Waals surface area contributed by atoms with Gasteiger partial charge in [0.2, 0.25) is 0 Å². The molecular weight excluding hydrogens is 394 g/mol. The van der Waals surface area contributed by atoms with Crippen LogP contribution in [0.4, 0.5) is 0 Å². The number of benzene rings is 4. The summed E-state index contributed by atoms with van der Waals surface area (Å²) in [5.41, 5.74) is 2.87. The molecular formula is C29H25NO2. The molecule has 0 saturated heterocycles. The molecule has 158 valence electrons. The van der Waals surface area contributed by atoms with Crippen molar-refractivity contribution in [2.75, 3.05) is 0 Å². The number of hydrogen-bond donors (Lipinski definition) is 1. The van der Waals surface area contributed by atoms with Crippen LogP contribution in [-0.2, 0) is 18.7 Å². The van der Waals surface area contributed by atoms with Gasteiger partial charge < -0.3 is 10.0 Å². The van der Waals surface area contributed by atoms with Crippen LogP contribution in [0, 0.1) is 0 Å². The maximum absolute atomic E-state index is 13.6. The van der Waals surface area contributed by atoms with E-state index < -0.39 is 5.72 Å². The van der Waals surface area contributed by atoms with E-state index in [0.717, 1.165) is 16.7 Å². The predicted octanol–water partition coefficient (Wildman–Crippen LogP) is 5.51. The summed E-state index contributed by atoms with van der Waals surface area (Å²) >= 11 is 0. The number of carbonyl (C=O) groups is 1. The van der Waals surface area contributed by atoms with Crippen LogP contribution >= 0.6 is 0 Å². The minimum atomic E-state index is -1.47. The van der Waals surface area contributed by atoms with Crippen LogP contribution in [0.15, 0.2) is 115 Å². The molecule has 1 heterocycles. The lowest BCUT2D eigenvalue weighted by Crippen LogP contribution is -2.48. The van der Waals surface area contributed by atoms with E-state index in [1.54, 1.807) is 4.90 Å². The number of nitrogens with zero attached hydrogens (tertiary/aromatic N) is 1. The molecule has 0 aliphatic carbocycles. The van der Waals surface area contributed by atoms with Gasteiger partial charge >= 0.3 is 0 Å². The van der Waals surface area contributed by atoms with Gasteiger partial charge in [0.25, 0.3) is 5.91 Å². The summed E-state index contributed by atoms with van der Waals surface area (Å²) in [5.74, 6) is -0.469. The fourth-order valence-corrected chi connectivity index (χ4v) is 4.80. The van der Waals surface area contributed by atoms with E-state index in [2.05, 4.69) is 12.1 Å². The SMILES string of the molecule is O=C1c2ccccc2[C@](O)([C@@H](Cc2ccccc2)c2ccccc2)N1Cc1ccccc1. The van der Waals surface area contributed by atoms with Gasteiger partial charge in [-0.1, -0.05) is 109 Å². The smallest absolute Gasteiger partial charge is 0.257 e. The number of carbonyl (C=O) groups excluding carboxylic acids is 1. The largest absolute Gasteiger partial charge is 0.366 e. The molecule has 4 aromatic rings. The minimum Gasteiger partial charge on any atom is -0.366 e. The highest BCUT2D eigenvalue weighted by Crippen LogP contribution is 2.48. The second-order valence-corrected chi connectivity index (χ2v) is 8.30. The average molecular weight is 420 g/mol. The molecule has 0 unspecified atom stereocenters. The maximum atomic E-state index is 13.6. The van der Waals surface area contributed by atoms with Crippen LogP contribution in [0.2, 0.25) is 0 Å². The Labute approximate surface area is 188 Å². The second kappa shape index (κ2) is 8.45. The Kier molecular flexibility index (Phi) is 5.34. The zero-order valence-electron chi connectivity index (χ0n) is 17.8. The Bertz CT molecular complexity index is 1210. The summed E-state index contributed by atoms with van der Waals surface area (Å²) in [4.78, 5) is 15.2. The fraction of sp³-hybridized carbons (Fsp3) is 0.138. The average Bonchev–Trinajstić information content (AvgIpc) is 3.07. The lowest BCUT2D eigenvalue weighted by molar-refractivity contribution is -0.109. The molecule has 1 aliphatic rings. The lowest BCUT2D eigenvalue weighted by Gasteiger charge is -2.41. The monoisotopic (exact) mass is 419 g/mol. The van der Waals surface area contributed by atoms with Gasteiger partial charge in [0.15, 0.2) is 5.72 Å². The highest BCUT2D eigenvalue weighted by Gasteiger charge is 2.53. The van der Waals surface area contributed by atoms with Crippen molar-refractivity contribution in [2.24, 2.45) is 0 Å². The van der Waals surface area contributed by atoms with Crippen LogP contribution in [0.25, 0.3) is 0 Å². The summed E-state index contributed by atoms with van der Waals surface area (Å²) in [5, 5.41) is 12.5. The first kappa shape index (κ1) is 20.2. The zero-order chi connectivity index (χ0) is 22.0. The Morgan fingerprint density at radius 2 is 1.22 bits per heavy atom. The molecule has 2 atom stereocenters. The van der Waals surface area contributed by atoms with Gasteiger partial charge in [-0.25, -0.2) is 0 Å². The minimum absolute atomic E-state index is 0.138. The van der Waals surface area contributed by atoms with Crippen molar-refractivity contribution in [2.45, 2.75) is 24.6 Å². The van der Waals surface area contributed by atoms with Crippen molar-refractivity contribution in [3.63, 3.8) is 0 Å². The van der Waals surface area contributed by atoms with E-state index in [-0.39, 0.29) is 11.8 Å². The third kappa shape index (κ3) is 3.51. The first-order valence-electron chi connectivity index (χ1n) is 10.9. The Balaban J connectivity index is 1.67. The first-order valence-corrected chi connectivity index (χ1v) is 10.9. The van der Waals surface area contributed by atoms with E-state index in [4.69, 9.17) is 0 Å². The molecule has 0 saturated carbocycles. The molecule has 1 amide bonds. The second-order valence-electron chi connectivity index (χ2n) is 8.30. The van der Waals surface area contributed by atoms with Crippen LogP contribution in [-0.4, -0.2) is 15.9 Å². The third-order valence-corrected chi connectivity index (χ3v) is 6.36. The van der Waals surface area contributed by atoms with E-state index in [1.807, 2.05) is 103 Å². The summed E-state index contributed by atoms with van der Waals surface area (Å²) < 4.78 is 0. The Hall–Kier alpha value is -3.69. The summed E-state index contributed by atoms with van der Waals surface area (Å²) in [6, 6.07) is 37.5. The molecule has 1 N–H and O–H groups in total. The molecule has 0 fully saturated rings. The number of hydrogen-bond acceptors (Lipinski definition) is 2. The first-order chi connectivity index (χ1) is 15.7. The Morgan fingerprint density at radius 1 is 0.688 bits per heavy atom. The highest BCUT2D eigenvalue weighted by atomic mass is 16.3. The van der Waals surface area contributed by atoms with Crippen molar-refractivity contribution in [3.8, 4) is 0 Å². The van der Waals surface area contributed by atoms with Crippen LogP contribution in [0.3, 0.4) is 0 Å². The molecule has 4 aromatic carbocycles. The predicted molar refractivity (Wildman–Crippen MR) is 126 cm³/mol. The van der Waals surface area contributed by atoms with E-state index >= 15 is 0 Å². The fourth-order valence-electron chi connectivity index (χ4n) is 4.80. The van der Waals surface area contributed by atoms with Crippen molar-refractivity contribution in [3.05, 3.63) is 143 Å². The molecule has 1 aliphatic heterocycles. The molecule has 0 spiro atoms. The van der Waals surface area contributed by atoms with Gasteiger partial charge in [0.1, 0.15) is 0 Å². The van der Waals surface area contributed by atoms with Gasteiger partial charge in [-0.15, -0.1) is 0 Å².